The Morgan fingerprint density at radius 2 is 1.94 bits per heavy atom. The molecule has 10 heteroatoms. The lowest BCUT2D eigenvalue weighted by molar-refractivity contribution is 0.0372. The summed E-state index contributed by atoms with van der Waals surface area (Å²) in [5.74, 6) is 1.40. The van der Waals surface area contributed by atoms with Crippen LogP contribution in [0, 0.1) is 5.92 Å². The molecule has 3 amide bonds. The van der Waals surface area contributed by atoms with Crippen LogP contribution in [0.2, 0.25) is 0 Å². The number of hydrogen-bond donors (Lipinski definition) is 2. The Hall–Kier alpha value is -3.66. The largest absolute Gasteiger partial charge is 0.485 e. The van der Waals surface area contributed by atoms with E-state index >= 15 is 0 Å². The summed E-state index contributed by atoms with van der Waals surface area (Å²) in [6.45, 7) is 4.49. The molecule has 2 aliphatic rings. The van der Waals surface area contributed by atoms with E-state index in [2.05, 4.69) is 5.32 Å². The molecule has 0 aliphatic carbocycles. The number of carbonyl (C=O) groups is 2. The summed E-state index contributed by atoms with van der Waals surface area (Å²) in [7, 11) is 5.48. The number of hydrogen-bond acceptors (Lipinski definition) is 7. The van der Waals surface area contributed by atoms with Crippen LogP contribution < -0.4 is 24.4 Å². The summed E-state index contributed by atoms with van der Waals surface area (Å²) in [5.41, 5.74) is 1.80. The smallest absolute Gasteiger partial charge is 0.321 e. The van der Waals surface area contributed by atoms with E-state index in [1.807, 2.05) is 45.0 Å². The summed E-state index contributed by atoms with van der Waals surface area (Å²) in [5, 5.41) is 12.7. The first kappa shape index (κ1) is 25.4. The van der Waals surface area contributed by atoms with Gasteiger partial charge in [0.2, 0.25) is 6.79 Å². The number of aliphatic hydroxyl groups excluding tert-OH is 1. The monoisotopic (exact) mass is 498 g/mol. The molecule has 3 atom stereocenters. The maximum Gasteiger partial charge on any atom is 0.321 e. The van der Waals surface area contributed by atoms with Crippen molar-refractivity contribution in [2.75, 3.05) is 57.8 Å². The maximum atomic E-state index is 13.5. The molecule has 0 aromatic heterocycles. The number of para-hydroxylation sites is 1. The van der Waals surface area contributed by atoms with Gasteiger partial charge >= 0.3 is 6.03 Å². The summed E-state index contributed by atoms with van der Waals surface area (Å²) in [4.78, 5) is 31.6. The number of aliphatic hydroxyl groups is 1. The Balaban J connectivity index is 1.58. The molecule has 2 aromatic rings. The van der Waals surface area contributed by atoms with Gasteiger partial charge < -0.3 is 39.3 Å². The Kier molecular flexibility index (Phi) is 7.44. The lowest BCUT2D eigenvalue weighted by Crippen LogP contribution is -2.50. The summed E-state index contributed by atoms with van der Waals surface area (Å²) in [6.07, 6.45) is -0.404. The molecule has 2 heterocycles. The maximum absolute atomic E-state index is 13.5. The van der Waals surface area contributed by atoms with Crippen LogP contribution in [0.5, 0.6) is 17.2 Å². The molecule has 0 spiro atoms. The molecule has 2 N–H and O–H groups in total. The summed E-state index contributed by atoms with van der Waals surface area (Å²) in [6, 6.07) is 10.0. The van der Waals surface area contributed by atoms with Crippen molar-refractivity contribution in [1.29, 1.82) is 0 Å². The molecule has 2 aliphatic heterocycles. The minimum atomic E-state index is -0.404. The minimum absolute atomic E-state index is 0.118. The third kappa shape index (κ3) is 5.13. The van der Waals surface area contributed by atoms with Crippen LogP contribution in [-0.2, 0) is 0 Å². The van der Waals surface area contributed by atoms with Crippen molar-refractivity contribution < 1.29 is 28.9 Å². The number of carbonyl (C=O) groups excluding carboxylic acids is 2. The van der Waals surface area contributed by atoms with Gasteiger partial charge in [0, 0.05) is 45.4 Å². The first-order chi connectivity index (χ1) is 17.2. The van der Waals surface area contributed by atoms with Crippen LogP contribution in [0.15, 0.2) is 36.4 Å². The van der Waals surface area contributed by atoms with E-state index in [1.54, 1.807) is 41.1 Å². The predicted octanol–water partition coefficient (Wildman–Crippen LogP) is 2.87. The number of amides is 3. The number of benzene rings is 2. The highest BCUT2D eigenvalue weighted by molar-refractivity contribution is 5.99. The minimum Gasteiger partial charge on any atom is -0.485 e. The van der Waals surface area contributed by atoms with Gasteiger partial charge in [0.05, 0.1) is 30.4 Å². The lowest BCUT2D eigenvalue weighted by atomic mass is 9.99. The molecule has 36 heavy (non-hydrogen) atoms. The number of likely N-dealkylation sites (N-methyl/N-ethyl adjacent to an activating group) is 1. The molecule has 10 nitrogen and oxygen atoms in total. The Bertz CT molecular complexity index is 1120. The van der Waals surface area contributed by atoms with Crippen LogP contribution in [-0.4, -0.2) is 86.6 Å². The first-order valence-corrected chi connectivity index (χ1v) is 12.0. The van der Waals surface area contributed by atoms with Gasteiger partial charge in [-0.3, -0.25) is 4.79 Å². The van der Waals surface area contributed by atoms with Crippen LogP contribution in [0.25, 0.3) is 0 Å². The van der Waals surface area contributed by atoms with Gasteiger partial charge in [-0.25, -0.2) is 4.79 Å². The van der Waals surface area contributed by atoms with Gasteiger partial charge in [-0.05, 0) is 31.2 Å². The standard InChI is InChI=1S/C26H34N4O6/c1-16-12-30(17(2)14-31)25(32)19-7-6-8-20(28(3)4)24(19)36-23(16)13-29(5)26(33)27-18-9-10-21-22(11-18)35-15-34-21/h6-11,16-17,23,31H,12-15H2,1-5H3,(H,27,33)/t16-,17+,23-/m1/s1. The zero-order valence-corrected chi connectivity index (χ0v) is 21.4. The molecule has 0 bridgehead atoms. The van der Waals surface area contributed by atoms with Crippen LogP contribution in [0.3, 0.4) is 0 Å². The molecular weight excluding hydrogens is 464 g/mol. The van der Waals surface area contributed by atoms with E-state index in [-0.39, 0.29) is 43.8 Å². The van der Waals surface area contributed by atoms with Gasteiger partial charge in [0.15, 0.2) is 17.2 Å². The van der Waals surface area contributed by atoms with Crippen LogP contribution >= 0.6 is 0 Å². The van der Waals surface area contributed by atoms with Gasteiger partial charge in [-0.2, -0.15) is 0 Å². The second-order valence-electron chi connectivity index (χ2n) is 9.55. The van der Waals surface area contributed by atoms with Crippen molar-refractivity contribution in [3.05, 3.63) is 42.0 Å². The number of nitrogens with one attached hydrogen (secondary N) is 1. The van der Waals surface area contributed by atoms with Gasteiger partial charge in [-0.15, -0.1) is 0 Å². The topological polar surface area (TPSA) is 104 Å². The fourth-order valence-electron chi connectivity index (χ4n) is 4.34. The summed E-state index contributed by atoms with van der Waals surface area (Å²) < 4.78 is 17.2. The van der Waals surface area contributed by atoms with Gasteiger partial charge in [-0.1, -0.05) is 13.0 Å². The molecular formula is C26H34N4O6. The van der Waals surface area contributed by atoms with E-state index in [1.165, 1.54) is 0 Å². The number of urea groups is 1. The second kappa shape index (κ2) is 10.5. The zero-order chi connectivity index (χ0) is 26.0. The Morgan fingerprint density at radius 3 is 2.67 bits per heavy atom. The third-order valence-electron chi connectivity index (χ3n) is 6.58. The average Bonchev–Trinajstić information content (AvgIpc) is 3.33. The van der Waals surface area contributed by atoms with Crippen molar-refractivity contribution in [3.63, 3.8) is 0 Å². The first-order valence-electron chi connectivity index (χ1n) is 12.0. The summed E-state index contributed by atoms with van der Waals surface area (Å²) >= 11 is 0. The molecule has 0 fully saturated rings. The zero-order valence-electron chi connectivity index (χ0n) is 21.4. The molecule has 0 radical (unpaired) electrons. The predicted molar refractivity (Wildman–Crippen MR) is 136 cm³/mol. The Morgan fingerprint density at radius 1 is 1.19 bits per heavy atom. The molecule has 0 saturated heterocycles. The number of nitrogens with zero attached hydrogens (tertiary/aromatic N) is 3. The highest BCUT2D eigenvalue weighted by Gasteiger charge is 2.35. The van der Waals surface area contributed by atoms with Crippen molar-refractivity contribution in [3.8, 4) is 17.2 Å². The number of rotatable bonds is 6. The third-order valence-corrected chi connectivity index (χ3v) is 6.58. The van der Waals surface area contributed by atoms with Crippen molar-refractivity contribution in [2.24, 2.45) is 5.92 Å². The molecule has 2 aromatic carbocycles. The fraction of sp³-hybridized carbons (Fsp3) is 0.462. The van der Waals surface area contributed by atoms with E-state index in [0.717, 1.165) is 5.69 Å². The molecule has 4 rings (SSSR count). The van der Waals surface area contributed by atoms with Crippen LogP contribution in [0.1, 0.15) is 24.2 Å². The van der Waals surface area contributed by atoms with Crippen LogP contribution in [0.4, 0.5) is 16.2 Å². The van der Waals surface area contributed by atoms with Crippen molar-refractivity contribution >= 4 is 23.3 Å². The van der Waals surface area contributed by atoms with E-state index < -0.39 is 6.10 Å². The highest BCUT2D eigenvalue weighted by Crippen LogP contribution is 2.36. The Labute approximate surface area is 211 Å². The number of fused-ring (bicyclic) bond motifs is 2. The molecule has 194 valence electrons. The quantitative estimate of drug-likeness (QED) is 0.631. The average molecular weight is 499 g/mol. The highest BCUT2D eigenvalue weighted by atomic mass is 16.7. The van der Waals surface area contributed by atoms with E-state index in [0.29, 0.717) is 35.0 Å². The van der Waals surface area contributed by atoms with E-state index in [4.69, 9.17) is 14.2 Å². The number of ether oxygens (including phenoxy) is 3. The van der Waals surface area contributed by atoms with Crippen molar-refractivity contribution in [1.82, 2.24) is 9.80 Å². The van der Waals surface area contributed by atoms with E-state index in [9.17, 15) is 14.7 Å². The lowest BCUT2D eigenvalue weighted by Gasteiger charge is -2.39. The number of anilines is 2. The van der Waals surface area contributed by atoms with Gasteiger partial charge in [0.1, 0.15) is 6.10 Å². The fourth-order valence-corrected chi connectivity index (χ4v) is 4.34. The SMILES string of the molecule is C[C@@H]1CN([C@@H](C)CO)C(=O)c2cccc(N(C)C)c2O[C@@H]1CN(C)C(=O)Nc1ccc2c(c1)OCO2. The van der Waals surface area contributed by atoms with Crippen molar-refractivity contribution in [2.45, 2.75) is 26.0 Å². The molecule has 0 unspecified atom stereocenters. The molecule has 0 saturated carbocycles. The van der Waals surface area contributed by atoms with Gasteiger partial charge in [0.25, 0.3) is 5.91 Å². The normalized spacial score (nSPS) is 19.5. The second-order valence-corrected chi connectivity index (χ2v) is 9.55.